The van der Waals surface area contributed by atoms with Gasteiger partial charge in [0, 0.05) is 7.05 Å². The number of aryl methyl sites for hydroxylation is 1. The molecule has 2 rings (SSSR count). The van der Waals surface area contributed by atoms with Gasteiger partial charge in [0.1, 0.15) is 0 Å². The Bertz CT molecular complexity index is 388. The Labute approximate surface area is 124 Å². The van der Waals surface area contributed by atoms with Crippen LogP contribution in [0.1, 0.15) is 51.3 Å². The fourth-order valence-corrected chi connectivity index (χ4v) is 3.98. The van der Waals surface area contributed by atoms with E-state index in [9.17, 15) is 0 Å². The highest BCUT2D eigenvalue weighted by molar-refractivity contribution is 9.10. The monoisotopic (exact) mass is 328 g/mol. The Kier molecular flexibility index (Phi) is 5.01. The smallest absolute Gasteiger partial charge is 0.153 e. The first-order valence-corrected chi connectivity index (χ1v) is 8.06. The standard InChI is InChI=1S/C14H25BrN4/c1-9(2)10-5-7-11(8-6-10)12(16-3)13-14(15)17-18-19(13)4/h9-12,16H,5-8H2,1-4H3. The Morgan fingerprint density at radius 3 is 2.21 bits per heavy atom. The summed E-state index contributed by atoms with van der Waals surface area (Å²) in [5, 5.41) is 11.7. The van der Waals surface area contributed by atoms with Crippen LogP contribution in [0, 0.1) is 17.8 Å². The lowest BCUT2D eigenvalue weighted by Crippen LogP contribution is -2.31. The van der Waals surface area contributed by atoms with Gasteiger partial charge in [0.2, 0.25) is 0 Å². The Hall–Kier alpha value is -0.420. The molecule has 1 aliphatic carbocycles. The van der Waals surface area contributed by atoms with Crippen molar-refractivity contribution in [1.82, 2.24) is 20.3 Å². The summed E-state index contributed by atoms with van der Waals surface area (Å²) in [7, 11) is 4.01. The average Bonchev–Trinajstić information content (AvgIpc) is 2.72. The first kappa shape index (κ1) is 15.0. The van der Waals surface area contributed by atoms with E-state index in [4.69, 9.17) is 0 Å². The zero-order chi connectivity index (χ0) is 14.0. The lowest BCUT2D eigenvalue weighted by molar-refractivity contribution is 0.189. The molecule has 5 heteroatoms. The minimum atomic E-state index is 0.350. The molecule has 1 unspecified atom stereocenters. The van der Waals surface area contributed by atoms with Gasteiger partial charge in [-0.2, -0.15) is 0 Å². The van der Waals surface area contributed by atoms with Gasteiger partial charge in [0.05, 0.1) is 11.7 Å². The minimum Gasteiger partial charge on any atom is -0.311 e. The number of nitrogens with one attached hydrogen (secondary N) is 1. The largest absolute Gasteiger partial charge is 0.311 e. The van der Waals surface area contributed by atoms with Crippen molar-refractivity contribution in [2.45, 2.75) is 45.6 Å². The van der Waals surface area contributed by atoms with E-state index in [1.165, 1.54) is 31.4 Å². The second-order valence-corrected chi connectivity index (χ2v) is 6.83. The molecule has 0 bridgehead atoms. The van der Waals surface area contributed by atoms with E-state index in [1.807, 2.05) is 18.8 Å². The van der Waals surface area contributed by atoms with Gasteiger partial charge in [-0.15, -0.1) is 5.10 Å². The predicted octanol–water partition coefficient (Wildman–Crippen LogP) is 3.30. The van der Waals surface area contributed by atoms with Crippen LogP contribution in [0.4, 0.5) is 0 Å². The predicted molar refractivity (Wildman–Crippen MR) is 80.8 cm³/mol. The first-order chi connectivity index (χ1) is 9.04. The van der Waals surface area contributed by atoms with Crippen LogP contribution in [0.3, 0.4) is 0 Å². The van der Waals surface area contributed by atoms with Gasteiger partial charge in [-0.05, 0) is 66.4 Å². The van der Waals surface area contributed by atoms with Crippen LogP contribution in [-0.4, -0.2) is 22.0 Å². The third-order valence-corrected chi connectivity index (χ3v) is 5.23. The fourth-order valence-electron chi connectivity index (χ4n) is 3.41. The maximum absolute atomic E-state index is 4.11. The number of halogens is 1. The van der Waals surface area contributed by atoms with E-state index >= 15 is 0 Å². The van der Waals surface area contributed by atoms with E-state index in [2.05, 4.69) is 45.4 Å². The van der Waals surface area contributed by atoms with Gasteiger partial charge in [0.25, 0.3) is 0 Å². The van der Waals surface area contributed by atoms with Crippen molar-refractivity contribution in [2.24, 2.45) is 24.8 Å². The van der Waals surface area contributed by atoms with Gasteiger partial charge in [0.15, 0.2) is 4.60 Å². The van der Waals surface area contributed by atoms with E-state index in [1.54, 1.807) is 0 Å². The topological polar surface area (TPSA) is 42.7 Å². The molecular formula is C14H25BrN4. The number of hydrogen-bond acceptors (Lipinski definition) is 3. The molecule has 0 aliphatic heterocycles. The third-order valence-electron chi connectivity index (χ3n) is 4.66. The van der Waals surface area contributed by atoms with Crippen LogP contribution in [0.15, 0.2) is 4.60 Å². The highest BCUT2D eigenvalue weighted by atomic mass is 79.9. The minimum absolute atomic E-state index is 0.350. The molecule has 4 nitrogen and oxygen atoms in total. The van der Waals surface area contributed by atoms with Gasteiger partial charge in [-0.25, -0.2) is 4.68 Å². The molecule has 0 saturated heterocycles. The molecular weight excluding hydrogens is 304 g/mol. The Morgan fingerprint density at radius 2 is 1.79 bits per heavy atom. The zero-order valence-corrected chi connectivity index (χ0v) is 13.9. The molecule has 1 aromatic heterocycles. The van der Waals surface area contributed by atoms with Crippen molar-refractivity contribution >= 4 is 15.9 Å². The lowest BCUT2D eigenvalue weighted by atomic mass is 9.74. The van der Waals surface area contributed by atoms with Crippen molar-refractivity contribution in [3.8, 4) is 0 Å². The number of hydrogen-bond donors (Lipinski definition) is 1. The van der Waals surface area contributed by atoms with E-state index in [0.717, 1.165) is 16.4 Å². The molecule has 1 aromatic rings. The van der Waals surface area contributed by atoms with Crippen molar-refractivity contribution in [2.75, 3.05) is 7.05 Å². The summed E-state index contributed by atoms with van der Waals surface area (Å²) in [6.07, 6.45) is 5.30. The van der Waals surface area contributed by atoms with Crippen LogP contribution in [0.25, 0.3) is 0 Å². The van der Waals surface area contributed by atoms with Crippen LogP contribution in [-0.2, 0) is 7.05 Å². The van der Waals surface area contributed by atoms with Crippen LogP contribution < -0.4 is 5.32 Å². The van der Waals surface area contributed by atoms with Gasteiger partial charge in [-0.3, -0.25) is 0 Å². The molecule has 0 aromatic carbocycles. The van der Waals surface area contributed by atoms with Crippen LogP contribution >= 0.6 is 15.9 Å². The van der Waals surface area contributed by atoms with E-state index < -0.39 is 0 Å². The van der Waals surface area contributed by atoms with Crippen LogP contribution in [0.5, 0.6) is 0 Å². The van der Waals surface area contributed by atoms with E-state index in [0.29, 0.717) is 12.0 Å². The van der Waals surface area contributed by atoms with Crippen molar-refractivity contribution in [3.63, 3.8) is 0 Å². The second-order valence-electron chi connectivity index (χ2n) is 6.07. The van der Waals surface area contributed by atoms with Crippen molar-refractivity contribution in [1.29, 1.82) is 0 Å². The second kappa shape index (κ2) is 6.35. The molecule has 1 fully saturated rings. The van der Waals surface area contributed by atoms with Gasteiger partial charge >= 0.3 is 0 Å². The summed E-state index contributed by atoms with van der Waals surface area (Å²) in [6.45, 7) is 4.70. The quantitative estimate of drug-likeness (QED) is 0.922. The summed E-state index contributed by atoms with van der Waals surface area (Å²) in [6, 6.07) is 0.350. The average molecular weight is 329 g/mol. The summed E-state index contributed by atoms with van der Waals surface area (Å²) in [5.74, 6) is 2.41. The molecule has 1 aliphatic rings. The van der Waals surface area contributed by atoms with Crippen LogP contribution in [0.2, 0.25) is 0 Å². The number of nitrogens with zero attached hydrogens (tertiary/aromatic N) is 3. The summed E-state index contributed by atoms with van der Waals surface area (Å²) in [4.78, 5) is 0. The number of aromatic nitrogens is 3. The molecule has 1 saturated carbocycles. The van der Waals surface area contributed by atoms with Gasteiger partial charge in [-0.1, -0.05) is 19.1 Å². The molecule has 19 heavy (non-hydrogen) atoms. The highest BCUT2D eigenvalue weighted by Gasteiger charge is 2.31. The normalized spacial score (nSPS) is 25.8. The summed E-state index contributed by atoms with van der Waals surface area (Å²) >= 11 is 3.53. The Balaban J connectivity index is 2.08. The molecule has 1 atom stereocenters. The highest BCUT2D eigenvalue weighted by Crippen LogP contribution is 2.40. The maximum Gasteiger partial charge on any atom is 0.153 e. The molecule has 108 valence electrons. The lowest BCUT2D eigenvalue weighted by Gasteiger charge is -2.35. The summed E-state index contributed by atoms with van der Waals surface area (Å²) in [5.41, 5.74) is 1.18. The molecule has 1 heterocycles. The first-order valence-electron chi connectivity index (χ1n) is 7.27. The van der Waals surface area contributed by atoms with Crippen molar-refractivity contribution in [3.05, 3.63) is 10.3 Å². The molecule has 1 N–H and O–H groups in total. The molecule has 0 amide bonds. The SMILES string of the molecule is CNC(c1c(Br)nnn1C)C1CCC(C(C)C)CC1. The zero-order valence-electron chi connectivity index (χ0n) is 12.4. The number of rotatable bonds is 4. The molecule has 0 spiro atoms. The fraction of sp³-hybridized carbons (Fsp3) is 0.857. The third kappa shape index (κ3) is 3.19. The van der Waals surface area contributed by atoms with Crippen molar-refractivity contribution < 1.29 is 0 Å². The van der Waals surface area contributed by atoms with Gasteiger partial charge < -0.3 is 5.32 Å². The summed E-state index contributed by atoms with van der Waals surface area (Å²) < 4.78 is 2.76. The maximum atomic E-state index is 4.11. The van der Waals surface area contributed by atoms with E-state index in [-0.39, 0.29) is 0 Å². The Morgan fingerprint density at radius 1 is 1.21 bits per heavy atom. The molecule has 0 radical (unpaired) electrons.